The van der Waals surface area contributed by atoms with Crippen LogP contribution in [0.5, 0.6) is 5.75 Å². The molecule has 0 saturated carbocycles. The molecule has 0 aliphatic carbocycles. The van der Waals surface area contributed by atoms with Crippen LogP contribution in [0, 0.1) is 6.92 Å². The molecule has 0 saturated heterocycles. The van der Waals surface area contributed by atoms with Crippen molar-refractivity contribution in [1.29, 1.82) is 0 Å². The minimum Gasteiger partial charge on any atom is -0.494 e. The minimum atomic E-state index is 0.296. The Morgan fingerprint density at radius 2 is 2.07 bits per heavy atom. The standard InChI is InChI=1S/C19H20N8O/c1-11-21-8-12-9-26(10-14(12)22-11)7-6-16-23-18-13-4-3-5-15(28-2)17(13)24-19(20)27(18)25-16/h3-5,8H,6-7,9-10H2,1-2H3,(H2,20,24). The van der Waals surface area contributed by atoms with Gasteiger partial charge in [-0.25, -0.2) is 19.9 Å². The molecule has 9 nitrogen and oxygen atoms in total. The number of rotatable bonds is 4. The number of hydrogen-bond acceptors (Lipinski definition) is 8. The predicted octanol–water partition coefficient (Wildman–Crippen LogP) is 1.53. The number of nitrogens with zero attached hydrogens (tertiary/aromatic N) is 7. The van der Waals surface area contributed by atoms with Gasteiger partial charge in [0, 0.05) is 43.2 Å². The second-order valence-corrected chi connectivity index (χ2v) is 6.94. The van der Waals surface area contributed by atoms with Crippen LogP contribution >= 0.6 is 0 Å². The monoisotopic (exact) mass is 376 g/mol. The molecule has 0 atom stereocenters. The number of anilines is 1. The van der Waals surface area contributed by atoms with Crippen LogP contribution in [0.2, 0.25) is 0 Å². The van der Waals surface area contributed by atoms with Crippen LogP contribution in [0.15, 0.2) is 24.4 Å². The lowest BCUT2D eigenvalue weighted by molar-refractivity contribution is 0.284. The fraction of sp³-hybridized carbons (Fsp3) is 0.316. The summed E-state index contributed by atoms with van der Waals surface area (Å²) in [5.41, 5.74) is 9.81. The van der Waals surface area contributed by atoms with Gasteiger partial charge in [0.1, 0.15) is 17.1 Å². The molecule has 1 aliphatic heterocycles. The fourth-order valence-corrected chi connectivity index (χ4v) is 3.68. The molecule has 28 heavy (non-hydrogen) atoms. The van der Waals surface area contributed by atoms with Crippen molar-refractivity contribution in [3.63, 3.8) is 0 Å². The lowest BCUT2D eigenvalue weighted by Gasteiger charge is -2.12. The highest BCUT2D eigenvalue weighted by Gasteiger charge is 2.21. The van der Waals surface area contributed by atoms with E-state index in [4.69, 9.17) is 15.5 Å². The van der Waals surface area contributed by atoms with Crippen molar-refractivity contribution in [2.45, 2.75) is 26.4 Å². The maximum Gasteiger partial charge on any atom is 0.223 e. The number of para-hydroxylation sites is 1. The maximum absolute atomic E-state index is 6.12. The number of benzene rings is 1. The Morgan fingerprint density at radius 1 is 1.18 bits per heavy atom. The van der Waals surface area contributed by atoms with Crippen molar-refractivity contribution >= 4 is 22.5 Å². The van der Waals surface area contributed by atoms with Crippen LogP contribution in [0.4, 0.5) is 5.95 Å². The number of methoxy groups -OCH3 is 1. The summed E-state index contributed by atoms with van der Waals surface area (Å²) >= 11 is 0. The minimum absolute atomic E-state index is 0.296. The van der Waals surface area contributed by atoms with Crippen LogP contribution in [0.25, 0.3) is 16.6 Å². The zero-order valence-electron chi connectivity index (χ0n) is 15.8. The molecule has 1 aromatic carbocycles. The van der Waals surface area contributed by atoms with Crippen LogP contribution < -0.4 is 10.5 Å². The molecule has 0 unspecified atom stereocenters. The van der Waals surface area contributed by atoms with E-state index in [-0.39, 0.29) is 0 Å². The first kappa shape index (κ1) is 16.8. The van der Waals surface area contributed by atoms with Gasteiger partial charge in [-0.1, -0.05) is 6.07 Å². The molecule has 0 bridgehead atoms. The quantitative estimate of drug-likeness (QED) is 0.571. The Bertz CT molecular complexity index is 1200. The number of nitrogens with two attached hydrogens (primary N) is 1. The summed E-state index contributed by atoms with van der Waals surface area (Å²) in [5, 5.41) is 5.43. The molecule has 0 fully saturated rings. The van der Waals surface area contributed by atoms with Crippen molar-refractivity contribution < 1.29 is 4.74 Å². The molecule has 9 heteroatoms. The van der Waals surface area contributed by atoms with E-state index in [2.05, 4.69) is 25.0 Å². The van der Waals surface area contributed by atoms with E-state index >= 15 is 0 Å². The summed E-state index contributed by atoms with van der Waals surface area (Å²) in [6.45, 7) is 4.44. The average molecular weight is 376 g/mol. The lowest BCUT2D eigenvalue weighted by Crippen LogP contribution is -2.20. The first-order valence-corrected chi connectivity index (χ1v) is 9.14. The maximum atomic E-state index is 6.12. The summed E-state index contributed by atoms with van der Waals surface area (Å²) in [6, 6.07) is 5.73. The molecular weight excluding hydrogens is 356 g/mol. The van der Waals surface area contributed by atoms with Gasteiger partial charge in [0.05, 0.1) is 12.8 Å². The van der Waals surface area contributed by atoms with E-state index < -0.39 is 0 Å². The summed E-state index contributed by atoms with van der Waals surface area (Å²) < 4.78 is 7.00. The Morgan fingerprint density at radius 3 is 2.93 bits per heavy atom. The highest BCUT2D eigenvalue weighted by atomic mass is 16.5. The zero-order chi connectivity index (χ0) is 19.3. The molecule has 1 aliphatic rings. The summed E-state index contributed by atoms with van der Waals surface area (Å²) in [6.07, 6.45) is 2.64. The third-order valence-corrected chi connectivity index (χ3v) is 5.05. The highest BCUT2D eigenvalue weighted by molar-refractivity contribution is 5.95. The van der Waals surface area contributed by atoms with Crippen molar-refractivity contribution in [2.24, 2.45) is 0 Å². The largest absolute Gasteiger partial charge is 0.494 e. The van der Waals surface area contributed by atoms with Gasteiger partial charge in [0.25, 0.3) is 0 Å². The highest BCUT2D eigenvalue weighted by Crippen LogP contribution is 2.27. The molecule has 2 N–H and O–H groups in total. The molecule has 142 valence electrons. The van der Waals surface area contributed by atoms with Gasteiger partial charge in [-0.05, 0) is 19.1 Å². The van der Waals surface area contributed by atoms with Crippen molar-refractivity contribution in [3.05, 3.63) is 47.3 Å². The normalized spacial score (nSPS) is 14.1. The van der Waals surface area contributed by atoms with Crippen LogP contribution in [-0.4, -0.2) is 48.1 Å². The van der Waals surface area contributed by atoms with Crippen LogP contribution in [-0.2, 0) is 19.5 Å². The number of aryl methyl sites for hydroxylation is 1. The van der Waals surface area contributed by atoms with Gasteiger partial charge >= 0.3 is 0 Å². The average Bonchev–Trinajstić information content (AvgIpc) is 3.30. The van der Waals surface area contributed by atoms with Crippen molar-refractivity contribution in [2.75, 3.05) is 19.4 Å². The molecule has 0 spiro atoms. The number of ether oxygens (including phenoxy) is 1. The van der Waals surface area contributed by atoms with E-state index in [1.165, 1.54) is 5.56 Å². The number of aromatic nitrogens is 6. The smallest absolute Gasteiger partial charge is 0.223 e. The molecule has 3 aromatic heterocycles. The third-order valence-electron chi connectivity index (χ3n) is 5.05. The zero-order valence-corrected chi connectivity index (χ0v) is 15.8. The first-order valence-electron chi connectivity index (χ1n) is 9.14. The van der Waals surface area contributed by atoms with Gasteiger partial charge in [0.2, 0.25) is 5.95 Å². The SMILES string of the molecule is COc1cccc2c1nc(N)n1nc(CCN3Cc4cnc(C)nc4C3)nc21. The van der Waals surface area contributed by atoms with E-state index in [1.54, 1.807) is 11.6 Å². The summed E-state index contributed by atoms with van der Waals surface area (Å²) in [4.78, 5) is 20.3. The summed E-state index contributed by atoms with van der Waals surface area (Å²) in [5.74, 6) is 2.52. The predicted molar refractivity (Wildman–Crippen MR) is 104 cm³/mol. The van der Waals surface area contributed by atoms with E-state index in [0.29, 0.717) is 29.3 Å². The van der Waals surface area contributed by atoms with Gasteiger partial charge in [0.15, 0.2) is 11.5 Å². The molecule has 0 amide bonds. The second kappa shape index (κ2) is 6.38. The van der Waals surface area contributed by atoms with E-state index in [1.807, 2.05) is 31.3 Å². The Kier molecular flexibility index (Phi) is 3.83. The van der Waals surface area contributed by atoms with Gasteiger partial charge in [-0.15, -0.1) is 5.10 Å². The number of hydrogen-bond donors (Lipinski definition) is 1. The first-order chi connectivity index (χ1) is 13.6. The van der Waals surface area contributed by atoms with Crippen LogP contribution in [0.3, 0.4) is 0 Å². The lowest BCUT2D eigenvalue weighted by atomic mass is 10.2. The number of nitrogen functional groups attached to an aromatic ring is 1. The molecule has 0 radical (unpaired) electrons. The van der Waals surface area contributed by atoms with E-state index in [0.717, 1.165) is 42.4 Å². The summed E-state index contributed by atoms with van der Waals surface area (Å²) in [7, 11) is 1.62. The molecular formula is C19H20N8O. The number of fused-ring (bicyclic) bond motifs is 4. The van der Waals surface area contributed by atoms with Gasteiger partial charge in [-0.3, -0.25) is 4.90 Å². The molecule has 4 aromatic rings. The third kappa shape index (κ3) is 2.71. The Labute approximate surface area is 161 Å². The molecule has 4 heterocycles. The van der Waals surface area contributed by atoms with Crippen molar-refractivity contribution in [3.8, 4) is 5.75 Å². The Hall–Kier alpha value is -3.33. The Balaban J connectivity index is 1.41. The fourth-order valence-electron chi connectivity index (χ4n) is 3.68. The van der Waals surface area contributed by atoms with Gasteiger partial charge in [-0.2, -0.15) is 4.52 Å². The van der Waals surface area contributed by atoms with Gasteiger partial charge < -0.3 is 10.5 Å². The van der Waals surface area contributed by atoms with E-state index in [9.17, 15) is 0 Å². The van der Waals surface area contributed by atoms with Crippen molar-refractivity contribution in [1.82, 2.24) is 34.4 Å². The topological polar surface area (TPSA) is 107 Å². The van der Waals surface area contributed by atoms with Crippen LogP contribution in [0.1, 0.15) is 22.9 Å². The second-order valence-electron chi connectivity index (χ2n) is 6.94. The molecule has 5 rings (SSSR count).